The molecule has 0 spiro atoms. The van der Waals surface area contributed by atoms with Gasteiger partial charge in [0.15, 0.2) is 0 Å². The normalized spacial score (nSPS) is 23.5. The van der Waals surface area contributed by atoms with Crippen LogP contribution in [0.3, 0.4) is 0 Å². The molecule has 1 aromatic heterocycles. The lowest BCUT2D eigenvalue weighted by atomic mass is 9.87. The fraction of sp³-hybridized carbons (Fsp3) is 0.739. The van der Waals surface area contributed by atoms with Crippen LogP contribution in [0.4, 0.5) is 0 Å². The zero-order valence-corrected chi connectivity index (χ0v) is 18.6. The van der Waals surface area contributed by atoms with Crippen molar-refractivity contribution >= 4 is 17.7 Å². The molecule has 1 aromatic rings. The van der Waals surface area contributed by atoms with E-state index in [0.717, 1.165) is 57.2 Å². The Morgan fingerprint density at radius 1 is 0.871 bits per heavy atom. The molecule has 1 aliphatic carbocycles. The maximum Gasteiger partial charge on any atom is 0.292 e. The minimum Gasteiger partial charge on any atom is -0.351 e. The van der Waals surface area contributed by atoms with Crippen LogP contribution in [0.2, 0.25) is 0 Å². The first kappa shape index (κ1) is 21.8. The number of amides is 3. The van der Waals surface area contributed by atoms with Crippen molar-refractivity contribution in [2.24, 2.45) is 5.92 Å². The molecule has 2 aliphatic heterocycles. The van der Waals surface area contributed by atoms with Crippen LogP contribution < -0.4 is 0 Å². The van der Waals surface area contributed by atoms with Crippen LogP contribution in [-0.4, -0.2) is 76.8 Å². The fourth-order valence-electron chi connectivity index (χ4n) is 5.20. The van der Waals surface area contributed by atoms with Gasteiger partial charge in [-0.15, -0.1) is 0 Å². The average Bonchev–Trinajstić information content (AvgIpc) is 3.16. The Morgan fingerprint density at radius 3 is 2.35 bits per heavy atom. The summed E-state index contributed by atoms with van der Waals surface area (Å²) in [6.45, 7) is 5.36. The van der Waals surface area contributed by atoms with Crippen molar-refractivity contribution in [3.63, 3.8) is 0 Å². The van der Waals surface area contributed by atoms with Gasteiger partial charge in [-0.05, 0) is 32.1 Å². The van der Waals surface area contributed by atoms with Crippen molar-refractivity contribution in [2.75, 3.05) is 39.3 Å². The largest absolute Gasteiger partial charge is 0.351 e. The fourth-order valence-corrected chi connectivity index (χ4v) is 5.20. The molecule has 1 saturated carbocycles. The molecule has 8 heteroatoms. The summed E-state index contributed by atoms with van der Waals surface area (Å²) in [5.41, 5.74) is 0.768. The van der Waals surface area contributed by atoms with Crippen molar-refractivity contribution in [3.8, 4) is 0 Å². The summed E-state index contributed by atoms with van der Waals surface area (Å²) in [5, 5.41) is 4.20. The zero-order valence-electron chi connectivity index (χ0n) is 18.6. The molecular formula is C23H34N4O4. The molecule has 8 nitrogen and oxygen atoms in total. The van der Waals surface area contributed by atoms with Crippen molar-refractivity contribution in [2.45, 2.75) is 64.2 Å². The van der Waals surface area contributed by atoms with Crippen LogP contribution in [0, 0.1) is 5.92 Å². The first-order chi connectivity index (χ1) is 15.0. The molecule has 3 amide bonds. The number of carbonyl (C=O) groups is 3. The third-order valence-electron chi connectivity index (χ3n) is 7.07. The van der Waals surface area contributed by atoms with E-state index in [2.05, 4.69) is 5.16 Å². The predicted molar refractivity (Wildman–Crippen MR) is 114 cm³/mol. The Morgan fingerprint density at radius 2 is 1.58 bits per heavy atom. The lowest BCUT2D eigenvalue weighted by Gasteiger charge is -2.35. The standard InChI is InChI=1S/C23H34N4O4/c1-17(28)25-11-6-12-26(14-13-25)23(30)21-15-20(24-31-21)19-9-5-10-27(16-19)22(29)18-7-3-2-4-8-18/h15,18-19H,2-14,16H2,1H3. The Bertz CT molecular complexity index is 801. The van der Waals surface area contributed by atoms with Crippen LogP contribution >= 0.6 is 0 Å². The summed E-state index contributed by atoms with van der Waals surface area (Å²) in [4.78, 5) is 43.0. The van der Waals surface area contributed by atoms with Gasteiger partial charge in [0.25, 0.3) is 5.91 Å². The van der Waals surface area contributed by atoms with Gasteiger partial charge < -0.3 is 19.2 Å². The lowest BCUT2D eigenvalue weighted by molar-refractivity contribution is -0.137. The molecule has 0 radical (unpaired) electrons. The molecule has 3 aliphatic rings. The highest BCUT2D eigenvalue weighted by molar-refractivity contribution is 5.91. The number of piperidine rings is 1. The first-order valence-electron chi connectivity index (χ1n) is 11.8. The van der Waals surface area contributed by atoms with Gasteiger partial charge in [0.2, 0.25) is 17.6 Å². The van der Waals surface area contributed by atoms with Crippen molar-refractivity contribution in [1.29, 1.82) is 0 Å². The third kappa shape index (κ3) is 5.10. The summed E-state index contributed by atoms with van der Waals surface area (Å²) in [7, 11) is 0. The highest BCUT2D eigenvalue weighted by atomic mass is 16.5. The van der Waals surface area contributed by atoms with Crippen LogP contribution in [-0.2, 0) is 9.59 Å². The minimum atomic E-state index is -0.171. The van der Waals surface area contributed by atoms with Crippen molar-refractivity contribution in [1.82, 2.24) is 19.9 Å². The number of hydrogen-bond donors (Lipinski definition) is 0. The molecule has 1 unspecified atom stereocenters. The van der Waals surface area contributed by atoms with E-state index < -0.39 is 0 Å². The van der Waals surface area contributed by atoms with Crippen LogP contribution in [0.25, 0.3) is 0 Å². The van der Waals surface area contributed by atoms with E-state index in [1.165, 1.54) is 6.42 Å². The van der Waals surface area contributed by atoms with Gasteiger partial charge in [0.05, 0.1) is 5.69 Å². The lowest BCUT2D eigenvalue weighted by Crippen LogP contribution is -2.42. The molecule has 3 fully saturated rings. The summed E-state index contributed by atoms with van der Waals surface area (Å²) in [5.74, 6) is 0.713. The first-order valence-corrected chi connectivity index (χ1v) is 11.8. The van der Waals surface area contributed by atoms with Gasteiger partial charge in [-0.3, -0.25) is 14.4 Å². The number of carbonyl (C=O) groups excluding carboxylic acids is 3. The number of rotatable bonds is 3. The summed E-state index contributed by atoms with van der Waals surface area (Å²) in [6, 6.07) is 1.76. The van der Waals surface area contributed by atoms with E-state index in [1.54, 1.807) is 22.8 Å². The van der Waals surface area contributed by atoms with E-state index in [0.29, 0.717) is 38.6 Å². The van der Waals surface area contributed by atoms with Crippen LogP contribution in [0.15, 0.2) is 10.6 Å². The van der Waals surface area contributed by atoms with E-state index in [9.17, 15) is 14.4 Å². The third-order valence-corrected chi connectivity index (χ3v) is 7.07. The Hall–Kier alpha value is -2.38. The average molecular weight is 431 g/mol. The number of likely N-dealkylation sites (tertiary alicyclic amines) is 1. The summed E-state index contributed by atoms with van der Waals surface area (Å²) >= 11 is 0. The maximum absolute atomic E-state index is 13.0. The van der Waals surface area contributed by atoms with Crippen LogP contribution in [0.1, 0.15) is 80.5 Å². The SMILES string of the molecule is CC(=O)N1CCCN(C(=O)c2cc(C3CCCN(C(=O)C4CCCCC4)C3)no2)CC1. The minimum absolute atomic E-state index is 0.0425. The van der Waals surface area contributed by atoms with Gasteiger partial charge >= 0.3 is 0 Å². The maximum atomic E-state index is 13.0. The Labute approximate surface area is 183 Å². The molecule has 170 valence electrons. The van der Waals surface area contributed by atoms with Crippen molar-refractivity contribution < 1.29 is 18.9 Å². The smallest absolute Gasteiger partial charge is 0.292 e. The van der Waals surface area contributed by atoms with Crippen molar-refractivity contribution in [3.05, 3.63) is 17.5 Å². The van der Waals surface area contributed by atoms with E-state index in [-0.39, 0.29) is 29.4 Å². The highest BCUT2D eigenvalue weighted by Gasteiger charge is 2.32. The van der Waals surface area contributed by atoms with Crippen LogP contribution in [0.5, 0.6) is 0 Å². The summed E-state index contributed by atoms with van der Waals surface area (Å²) in [6.07, 6.45) is 8.24. The molecule has 0 N–H and O–H groups in total. The van der Waals surface area contributed by atoms with Gasteiger partial charge in [-0.1, -0.05) is 24.4 Å². The van der Waals surface area contributed by atoms with E-state index >= 15 is 0 Å². The molecule has 0 bridgehead atoms. The van der Waals surface area contributed by atoms with Gasteiger partial charge in [0.1, 0.15) is 0 Å². The number of hydrogen-bond acceptors (Lipinski definition) is 5. The van der Waals surface area contributed by atoms with Gasteiger partial charge in [0, 0.05) is 64.1 Å². The predicted octanol–water partition coefficient (Wildman–Crippen LogP) is 2.66. The molecule has 31 heavy (non-hydrogen) atoms. The monoisotopic (exact) mass is 430 g/mol. The topological polar surface area (TPSA) is 87.0 Å². The highest BCUT2D eigenvalue weighted by Crippen LogP contribution is 2.31. The van der Waals surface area contributed by atoms with E-state index in [1.807, 2.05) is 4.90 Å². The molecule has 3 heterocycles. The summed E-state index contributed by atoms with van der Waals surface area (Å²) < 4.78 is 5.43. The quantitative estimate of drug-likeness (QED) is 0.736. The second-order valence-electron chi connectivity index (χ2n) is 9.23. The zero-order chi connectivity index (χ0) is 21.8. The Kier molecular flexibility index (Phi) is 6.92. The molecular weight excluding hydrogens is 396 g/mol. The second kappa shape index (κ2) is 9.83. The second-order valence-corrected chi connectivity index (χ2v) is 9.23. The molecule has 4 rings (SSSR count). The van der Waals surface area contributed by atoms with Gasteiger partial charge in [-0.2, -0.15) is 0 Å². The molecule has 1 atom stereocenters. The number of aromatic nitrogens is 1. The molecule has 2 saturated heterocycles. The van der Waals surface area contributed by atoms with E-state index in [4.69, 9.17) is 4.52 Å². The van der Waals surface area contributed by atoms with Gasteiger partial charge in [-0.25, -0.2) is 0 Å². The Balaban J connectivity index is 1.37. The molecule has 0 aromatic carbocycles. The number of nitrogens with zero attached hydrogens (tertiary/aromatic N) is 4.